The van der Waals surface area contributed by atoms with Crippen molar-refractivity contribution in [1.82, 2.24) is 10.3 Å². The van der Waals surface area contributed by atoms with Crippen LogP contribution >= 0.6 is 11.8 Å². The molecule has 152 valence electrons. The largest absolute Gasteiger partial charge is 0.309 e. The second kappa shape index (κ2) is 10.0. The Balaban J connectivity index is 1.91. The topological polar surface area (TPSA) is 85.1 Å². The molecule has 3 N–H and O–H groups in total. The second-order valence-electron chi connectivity index (χ2n) is 6.67. The normalized spacial score (nSPS) is 11.5. The Morgan fingerprint density at radius 3 is 2.31 bits per heavy atom. The van der Waals surface area contributed by atoms with Crippen molar-refractivity contribution in [1.29, 1.82) is 0 Å². The minimum atomic E-state index is -3.84. The number of nitrogens with one attached hydrogen (secondary N) is 1. The molecule has 0 amide bonds. The predicted molar refractivity (Wildman–Crippen MR) is 118 cm³/mol. The molecule has 29 heavy (non-hydrogen) atoms. The van der Waals surface area contributed by atoms with E-state index in [1.807, 2.05) is 42.5 Å². The summed E-state index contributed by atoms with van der Waals surface area (Å²) in [4.78, 5) is 5.19. The number of primary sulfonamides is 1. The number of benzene rings is 2. The van der Waals surface area contributed by atoms with Gasteiger partial charge in [-0.1, -0.05) is 37.3 Å². The highest BCUT2D eigenvalue weighted by Gasteiger charge is 2.19. The Kier molecular flexibility index (Phi) is 7.44. The van der Waals surface area contributed by atoms with Gasteiger partial charge in [-0.15, -0.1) is 11.8 Å². The zero-order valence-corrected chi connectivity index (χ0v) is 18.0. The van der Waals surface area contributed by atoms with Crippen molar-refractivity contribution in [3.63, 3.8) is 0 Å². The van der Waals surface area contributed by atoms with Crippen molar-refractivity contribution in [2.75, 3.05) is 5.75 Å². The van der Waals surface area contributed by atoms with Gasteiger partial charge in [0, 0.05) is 30.4 Å². The number of hydrogen-bond acceptors (Lipinski definition) is 5. The predicted octanol–water partition coefficient (Wildman–Crippen LogP) is 3.72. The molecule has 7 heteroatoms. The van der Waals surface area contributed by atoms with E-state index in [4.69, 9.17) is 5.14 Å². The number of nitrogens with two attached hydrogens (primary N) is 1. The van der Waals surface area contributed by atoms with Crippen molar-refractivity contribution >= 4 is 21.8 Å². The van der Waals surface area contributed by atoms with Crippen molar-refractivity contribution in [2.45, 2.75) is 36.2 Å². The number of thioether (sulfide) groups is 1. The van der Waals surface area contributed by atoms with Crippen LogP contribution in [0.2, 0.25) is 0 Å². The van der Waals surface area contributed by atoms with Crippen LogP contribution in [0.15, 0.2) is 76.8 Å². The molecule has 1 aromatic heterocycles. The van der Waals surface area contributed by atoms with Gasteiger partial charge in [0.25, 0.3) is 0 Å². The van der Waals surface area contributed by atoms with Crippen LogP contribution in [0.25, 0.3) is 0 Å². The molecule has 5 nitrogen and oxygen atoms in total. The van der Waals surface area contributed by atoms with E-state index in [1.54, 1.807) is 30.2 Å². The molecule has 0 aliphatic rings. The Morgan fingerprint density at radius 2 is 1.66 bits per heavy atom. The molecular weight excluding hydrogens is 402 g/mol. The maximum Gasteiger partial charge on any atom is 0.238 e. The molecular formula is C22H25N3O2S2. The van der Waals surface area contributed by atoms with Gasteiger partial charge in [0.2, 0.25) is 10.0 Å². The standard InChI is InChI=1S/C22H25N3O2S2/c1-2-28-21-13-19(16-25-15-18-8-10-24-11-9-18)14-22(29(23,26)27)20(21)12-17-6-4-3-5-7-17/h3-11,13-14,25H,2,12,15-16H2,1H3,(H2,23,26,27). The van der Waals surface area contributed by atoms with Crippen molar-refractivity contribution in [3.8, 4) is 0 Å². The molecule has 0 aliphatic heterocycles. The number of nitrogens with zero attached hydrogens (tertiary/aromatic N) is 1. The number of rotatable bonds is 9. The summed E-state index contributed by atoms with van der Waals surface area (Å²) in [6.45, 7) is 3.28. The molecule has 0 aliphatic carbocycles. The molecule has 1 heterocycles. The van der Waals surface area contributed by atoms with Crippen LogP contribution in [-0.2, 0) is 29.5 Å². The molecule has 0 saturated heterocycles. The molecule has 0 radical (unpaired) electrons. The first-order chi connectivity index (χ1) is 14.0. The van der Waals surface area contributed by atoms with Gasteiger partial charge in [0.15, 0.2) is 0 Å². The summed E-state index contributed by atoms with van der Waals surface area (Å²) in [5, 5.41) is 8.96. The van der Waals surface area contributed by atoms with Gasteiger partial charge in [-0.3, -0.25) is 4.98 Å². The first-order valence-electron chi connectivity index (χ1n) is 9.42. The third-order valence-corrected chi connectivity index (χ3v) is 6.41. The van der Waals surface area contributed by atoms with E-state index in [-0.39, 0.29) is 4.90 Å². The Labute approximate surface area is 176 Å². The first kappa shape index (κ1) is 21.5. The van der Waals surface area contributed by atoms with E-state index >= 15 is 0 Å². The van der Waals surface area contributed by atoms with Gasteiger partial charge in [0.05, 0.1) is 4.90 Å². The maximum absolute atomic E-state index is 12.4. The summed E-state index contributed by atoms with van der Waals surface area (Å²) >= 11 is 1.64. The van der Waals surface area contributed by atoms with Gasteiger partial charge < -0.3 is 5.32 Å². The minimum absolute atomic E-state index is 0.209. The maximum atomic E-state index is 12.4. The first-order valence-corrected chi connectivity index (χ1v) is 12.0. The number of hydrogen-bond donors (Lipinski definition) is 2. The SMILES string of the molecule is CCSc1cc(CNCc2ccncc2)cc(S(N)(=O)=O)c1Cc1ccccc1. The lowest BCUT2D eigenvalue weighted by molar-refractivity contribution is 0.596. The fourth-order valence-corrected chi connectivity index (χ4v) is 4.95. The van der Waals surface area contributed by atoms with Gasteiger partial charge >= 0.3 is 0 Å². The fraction of sp³-hybridized carbons (Fsp3) is 0.227. The van der Waals surface area contributed by atoms with Crippen LogP contribution in [0.1, 0.15) is 29.2 Å². The minimum Gasteiger partial charge on any atom is -0.309 e. The average molecular weight is 428 g/mol. The number of pyridine rings is 1. The Hall–Kier alpha value is -2.19. The molecule has 0 saturated carbocycles. The molecule has 0 spiro atoms. The highest BCUT2D eigenvalue weighted by atomic mass is 32.2. The van der Waals surface area contributed by atoms with Crippen molar-refractivity contribution < 1.29 is 8.42 Å². The van der Waals surface area contributed by atoms with Crippen molar-refractivity contribution in [3.05, 3.63) is 89.2 Å². The van der Waals surface area contributed by atoms with Gasteiger partial charge in [-0.25, -0.2) is 13.6 Å². The zero-order valence-electron chi connectivity index (χ0n) is 16.3. The van der Waals surface area contributed by atoms with Crippen LogP contribution in [0.5, 0.6) is 0 Å². The molecule has 0 fully saturated rings. The fourth-order valence-electron chi connectivity index (χ4n) is 3.14. The summed E-state index contributed by atoms with van der Waals surface area (Å²) < 4.78 is 24.8. The molecule has 3 rings (SSSR count). The van der Waals surface area contributed by atoms with Gasteiger partial charge in [-0.05, 0) is 58.7 Å². The van der Waals surface area contributed by atoms with Crippen LogP contribution in [0.3, 0.4) is 0 Å². The monoisotopic (exact) mass is 427 g/mol. The van der Waals surface area contributed by atoms with Crippen LogP contribution < -0.4 is 10.5 Å². The average Bonchev–Trinajstić information content (AvgIpc) is 2.70. The third-order valence-electron chi connectivity index (χ3n) is 4.47. The molecule has 2 aromatic carbocycles. The lowest BCUT2D eigenvalue weighted by Crippen LogP contribution is -2.18. The van der Waals surface area contributed by atoms with Crippen LogP contribution in [0.4, 0.5) is 0 Å². The number of aromatic nitrogens is 1. The lowest BCUT2D eigenvalue weighted by Gasteiger charge is -2.16. The van der Waals surface area contributed by atoms with Crippen molar-refractivity contribution in [2.24, 2.45) is 5.14 Å². The molecule has 0 bridgehead atoms. The highest BCUT2D eigenvalue weighted by Crippen LogP contribution is 2.31. The van der Waals surface area contributed by atoms with E-state index in [2.05, 4.69) is 23.3 Å². The Bertz CT molecular complexity index is 1040. The van der Waals surface area contributed by atoms with Gasteiger partial charge in [0.1, 0.15) is 0 Å². The van der Waals surface area contributed by atoms with Gasteiger partial charge in [-0.2, -0.15) is 0 Å². The molecule has 0 atom stereocenters. The summed E-state index contributed by atoms with van der Waals surface area (Å²) in [6, 6.07) is 17.5. The lowest BCUT2D eigenvalue weighted by atomic mass is 10.0. The summed E-state index contributed by atoms with van der Waals surface area (Å²) in [5.41, 5.74) is 3.84. The summed E-state index contributed by atoms with van der Waals surface area (Å²) in [6.07, 6.45) is 4.04. The second-order valence-corrected chi connectivity index (χ2v) is 9.51. The van der Waals surface area contributed by atoms with Crippen LogP contribution in [-0.4, -0.2) is 19.2 Å². The zero-order chi connectivity index (χ0) is 20.7. The van der Waals surface area contributed by atoms with E-state index < -0.39 is 10.0 Å². The van der Waals surface area contributed by atoms with E-state index in [0.717, 1.165) is 32.9 Å². The molecule has 3 aromatic rings. The summed E-state index contributed by atoms with van der Waals surface area (Å²) in [5.74, 6) is 0.847. The summed E-state index contributed by atoms with van der Waals surface area (Å²) in [7, 11) is -3.84. The molecule has 0 unspecified atom stereocenters. The van der Waals surface area contributed by atoms with E-state index in [1.165, 1.54) is 0 Å². The number of sulfonamides is 1. The highest BCUT2D eigenvalue weighted by molar-refractivity contribution is 7.99. The quantitative estimate of drug-likeness (QED) is 0.509. The smallest absolute Gasteiger partial charge is 0.238 e. The van der Waals surface area contributed by atoms with E-state index in [9.17, 15) is 8.42 Å². The van der Waals surface area contributed by atoms with E-state index in [0.29, 0.717) is 19.5 Å². The Morgan fingerprint density at radius 1 is 0.966 bits per heavy atom. The van der Waals surface area contributed by atoms with Crippen LogP contribution in [0, 0.1) is 0 Å². The third kappa shape index (κ3) is 6.14.